The molecule has 0 radical (unpaired) electrons. The number of thiocarbonyl (C=S) groups is 1. The SMILES string of the molecule is CCOC(=O)c1ccc(NC(=S)N=Nc2c(O)n(Cc3ccc(C)cc3)c3ccccc23)cc1. The lowest BCUT2D eigenvalue weighted by Crippen LogP contribution is -2.07. The van der Waals surface area contributed by atoms with Crippen molar-refractivity contribution in [1.82, 2.24) is 4.57 Å². The van der Waals surface area contributed by atoms with Gasteiger partial charge in [0.05, 0.1) is 24.2 Å². The number of anilines is 1. The van der Waals surface area contributed by atoms with Crippen LogP contribution in [0.4, 0.5) is 11.4 Å². The number of nitrogens with zero attached hydrogens (tertiary/aromatic N) is 3. The van der Waals surface area contributed by atoms with Crippen molar-refractivity contribution in [2.24, 2.45) is 10.2 Å². The van der Waals surface area contributed by atoms with Gasteiger partial charge in [0.2, 0.25) is 11.0 Å². The predicted molar refractivity (Wildman–Crippen MR) is 137 cm³/mol. The van der Waals surface area contributed by atoms with Crippen LogP contribution in [-0.2, 0) is 11.3 Å². The number of fused-ring (bicyclic) bond motifs is 1. The summed E-state index contributed by atoms with van der Waals surface area (Å²) in [6, 6.07) is 22.5. The second-order valence-corrected chi connectivity index (χ2v) is 8.08. The van der Waals surface area contributed by atoms with Crippen LogP contribution in [0.2, 0.25) is 0 Å². The van der Waals surface area contributed by atoms with Crippen LogP contribution in [0.1, 0.15) is 28.4 Å². The van der Waals surface area contributed by atoms with E-state index in [1.165, 1.54) is 5.56 Å². The van der Waals surface area contributed by atoms with Crippen LogP contribution < -0.4 is 5.32 Å². The number of aryl methyl sites for hydroxylation is 1. The smallest absolute Gasteiger partial charge is 0.338 e. The fraction of sp³-hybridized carbons (Fsp3) is 0.154. The molecule has 7 nitrogen and oxygen atoms in total. The molecule has 0 aliphatic carbocycles. The standard InChI is InChI=1S/C26H24N4O3S/c1-3-33-25(32)19-12-14-20(15-13-19)27-26(34)29-28-23-21-6-4-5-7-22(21)30(24(23)31)16-18-10-8-17(2)9-11-18/h4-15,31H,3,16H2,1-2H3,(H,27,34). The van der Waals surface area contributed by atoms with Crippen molar-refractivity contribution in [2.75, 3.05) is 11.9 Å². The Balaban J connectivity index is 1.54. The first-order chi connectivity index (χ1) is 16.5. The Kier molecular flexibility index (Phi) is 6.98. The quantitative estimate of drug-likeness (QED) is 0.194. The summed E-state index contributed by atoms with van der Waals surface area (Å²) in [5.41, 5.74) is 4.55. The third-order valence-corrected chi connectivity index (χ3v) is 5.45. The van der Waals surface area contributed by atoms with Crippen LogP contribution in [0.15, 0.2) is 83.0 Å². The van der Waals surface area contributed by atoms with E-state index in [4.69, 9.17) is 17.0 Å². The lowest BCUT2D eigenvalue weighted by atomic mass is 10.1. The molecule has 8 heteroatoms. The van der Waals surface area contributed by atoms with E-state index in [1.807, 2.05) is 55.5 Å². The summed E-state index contributed by atoms with van der Waals surface area (Å²) in [6.45, 7) is 4.61. The van der Waals surface area contributed by atoms with Crippen LogP contribution >= 0.6 is 12.2 Å². The van der Waals surface area contributed by atoms with E-state index in [1.54, 1.807) is 35.8 Å². The van der Waals surface area contributed by atoms with Crippen molar-refractivity contribution >= 4 is 45.6 Å². The average molecular weight is 473 g/mol. The van der Waals surface area contributed by atoms with Crippen LogP contribution in [0, 0.1) is 6.92 Å². The molecular weight excluding hydrogens is 448 g/mol. The number of esters is 1. The maximum absolute atomic E-state index is 11.8. The molecule has 1 aromatic heterocycles. The Bertz CT molecular complexity index is 1360. The van der Waals surface area contributed by atoms with E-state index in [9.17, 15) is 9.90 Å². The van der Waals surface area contributed by atoms with Gasteiger partial charge in [0, 0.05) is 11.1 Å². The minimum Gasteiger partial charge on any atom is -0.493 e. The normalized spacial score (nSPS) is 11.1. The molecule has 1 heterocycles. The van der Waals surface area contributed by atoms with E-state index >= 15 is 0 Å². The van der Waals surface area contributed by atoms with Gasteiger partial charge in [-0.1, -0.05) is 48.0 Å². The molecule has 34 heavy (non-hydrogen) atoms. The molecule has 4 aromatic rings. The number of carbonyl (C=O) groups is 1. The summed E-state index contributed by atoms with van der Waals surface area (Å²) in [6.07, 6.45) is 0. The number of para-hydroxylation sites is 1. The Labute approximate surface area is 202 Å². The van der Waals surface area contributed by atoms with E-state index in [-0.39, 0.29) is 17.0 Å². The lowest BCUT2D eigenvalue weighted by molar-refractivity contribution is 0.0526. The Morgan fingerprint density at radius 1 is 1.06 bits per heavy atom. The number of ether oxygens (including phenoxy) is 1. The third-order valence-electron chi connectivity index (χ3n) is 5.27. The van der Waals surface area contributed by atoms with Gasteiger partial charge in [0.1, 0.15) is 0 Å². The number of aromatic hydroxyl groups is 1. The van der Waals surface area contributed by atoms with E-state index < -0.39 is 0 Å². The highest BCUT2D eigenvalue weighted by Crippen LogP contribution is 2.39. The number of aromatic nitrogens is 1. The zero-order valence-electron chi connectivity index (χ0n) is 18.9. The first-order valence-corrected chi connectivity index (χ1v) is 11.2. The predicted octanol–water partition coefficient (Wildman–Crippen LogP) is 6.36. The Hall–Kier alpha value is -4.04. The molecule has 0 fully saturated rings. The maximum atomic E-state index is 11.8. The Morgan fingerprint density at radius 2 is 1.76 bits per heavy atom. The largest absolute Gasteiger partial charge is 0.493 e. The van der Waals surface area contributed by atoms with Gasteiger partial charge in [0.25, 0.3) is 0 Å². The number of rotatable bonds is 6. The molecule has 0 saturated carbocycles. The summed E-state index contributed by atoms with van der Waals surface area (Å²) in [7, 11) is 0. The average Bonchev–Trinajstić information content (AvgIpc) is 3.10. The monoisotopic (exact) mass is 472 g/mol. The molecule has 0 unspecified atom stereocenters. The van der Waals surface area contributed by atoms with Crippen molar-refractivity contribution in [3.63, 3.8) is 0 Å². The van der Waals surface area contributed by atoms with Crippen molar-refractivity contribution in [3.8, 4) is 5.88 Å². The number of hydrogen-bond donors (Lipinski definition) is 2. The summed E-state index contributed by atoms with van der Waals surface area (Å²) >= 11 is 5.30. The summed E-state index contributed by atoms with van der Waals surface area (Å²) < 4.78 is 6.79. The maximum Gasteiger partial charge on any atom is 0.338 e. The fourth-order valence-electron chi connectivity index (χ4n) is 3.55. The van der Waals surface area contributed by atoms with Gasteiger partial charge in [-0.05, 0) is 62.0 Å². The van der Waals surface area contributed by atoms with Crippen LogP contribution in [-0.4, -0.2) is 27.4 Å². The molecular formula is C26H24N4O3S. The highest BCUT2D eigenvalue weighted by Gasteiger charge is 2.17. The zero-order chi connectivity index (χ0) is 24.1. The second kappa shape index (κ2) is 10.3. The van der Waals surface area contributed by atoms with Crippen molar-refractivity contribution in [3.05, 3.63) is 89.5 Å². The van der Waals surface area contributed by atoms with Gasteiger partial charge >= 0.3 is 5.97 Å². The van der Waals surface area contributed by atoms with Crippen LogP contribution in [0.5, 0.6) is 5.88 Å². The number of azo groups is 1. The molecule has 0 atom stereocenters. The summed E-state index contributed by atoms with van der Waals surface area (Å²) in [5.74, 6) is -0.360. The number of nitrogens with one attached hydrogen (secondary N) is 1. The second-order valence-electron chi connectivity index (χ2n) is 7.69. The van der Waals surface area contributed by atoms with Crippen LogP contribution in [0.25, 0.3) is 10.9 Å². The van der Waals surface area contributed by atoms with E-state index in [0.717, 1.165) is 16.5 Å². The number of benzene rings is 3. The third kappa shape index (κ3) is 5.13. The Morgan fingerprint density at radius 3 is 2.47 bits per heavy atom. The van der Waals surface area contributed by atoms with Crippen LogP contribution in [0.3, 0.4) is 0 Å². The molecule has 0 amide bonds. The first kappa shape index (κ1) is 23.1. The minimum absolute atomic E-state index is 0.0205. The van der Waals surface area contributed by atoms with Crippen molar-refractivity contribution in [2.45, 2.75) is 20.4 Å². The molecule has 3 aromatic carbocycles. The minimum atomic E-state index is -0.381. The topological polar surface area (TPSA) is 88.2 Å². The molecule has 0 aliphatic rings. The molecule has 2 N–H and O–H groups in total. The first-order valence-electron chi connectivity index (χ1n) is 10.8. The molecule has 0 bridgehead atoms. The van der Waals surface area contributed by atoms with Gasteiger partial charge < -0.3 is 19.7 Å². The van der Waals surface area contributed by atoms with Gasteiger partial charge in [-0.2, -0.15) is 0 Å². The van der Waals surface area contributed by atoms with Crippen molar-refractivity contribution in [1.29, 1.82) is 0 Å². The van der Waals surface area contributed by atoms with Gasteiger partial charge in [-0.3, -0.25) is 0 Å². The molecule has 0 spiro atoms. The summed E-state index contributed by atoms with van der Waals surface area (Å²) in [4.78, 5) is 11.8. The molecule has 0 aliphatic heterocycles. The fourth-order valence-corrected chi connectivity index (χ4v) is 3.71. The summed E-state index contributed by atoms with van der Waals surface area (Å²) in [5, 5.41) is 23.2. The van der Waals surface area contributed by atoms with E-state index in [2.05, 4.69) is 15.5 Å². The van der Waals surface area contributed by atoms with Gasteiger partial charge in [-0.15, -0.1) is 10.2 Å². The highest BCUT2D eigenvalue weighted by atomic mass is 32.1. The molecule has 0 saturated heterocycles. The highest BCUT2D eigenvalue weighted by molar-refractivity contribution is 7.80. The molecule has 172 valence electrons. The number of carbonyl (C=O) groups excluding carboxylic acids is 1. The number of hydrogen-bond acceptors (Lipinski definition) is 5. The van der Waals surface area contributed by atoms with E-state index in [0.29, 0.717) is 30.1 Å². The molecule has 4 rings (SSSR count). The van der Waals surface area contributed by atoms with Gasteiger partial charge in [-0.25, -0.2) is 4.79 Å². The van der Waals surface area contributed by atoms with Crippen molar-refractivity contribution < 1.29 is 14.6 Å². The van der Waals surface area contributed by atoms with Gasteiger partial charge in [0.15, 0.2) is 5.69 Å². The lowest BCUT2D eigenvalue weighted by Gasteiger charge is -2.07. The zero-order valence-corrected chi connectivity index (χ0v) is 19.7.